The molecule has 0 aliphatic carbocycles. The number of nitrogens with one attached hydrogen (secondary N) is 2. The van der Waals surface area contributed by atoms with Gasteiger partial charge in [-0.2, -0.15) is 0 Å². The summed E-state index contributed by atoms with van der Waals surface area (Å²) in [6.07, 6.45) is 12.0. The van der Waals surface area contributed by atoms with Crippen molar-refractivity contribution in [2.75, 3.05) is 14.2 Å². The van der Waals surface area contributed by atoms with Gasteiger partial charge in [0.15, 0.2) is 0 Å². The molecule has 2 atom stereocenters. The van der Waals surface area contributed by atoms with E-state index < -0.39 is 0 Å². The van der Waals surface area contributed by atoms with Crippen LogP contribution in [0.2, 0.25) is 0 Å². The Hall–Kier alpha value is -4.20. The molecule has 1 aromatic rings. The molecular weight excluding hydrogens is 552 g/mol. The highest BCUT2D eigenvalue weighted by atomic mass is 16.5. The molecule has 44 heavy (non-hydrogen) atoms. The fourth-order valence-corrected chi connectivity index (χ4v) is 6.76. The second-order valence-electron chi connectivity index (χ2n) is 11.9. The van der Waals surface area contributed by atoms with Crippen molar-refractivity contribution in [1.29, 1.82) is 0 Å². The van der Waals surface area contributed by atoms with Gasteiger partial charge >= 0.3 is 11.9 Å². The van der Waals surface area contributed by atoms with Gasteiger partial charge in [-0.15, -0.1) is 0 Å². The lowest BCUT2D eigenvalue weighted by Gasteiger charge is -2.15. The lowest BCUT2D eigenvalue weighted by Crippen LogP contribution is -2.26. The third kappa shape index (κ3) is 5.82. The maximum absolute atomic E-state index is 12.2. The number of rotatable bonds is 8. The lowest BCUT2D eigenvalue weighted by molar-refractivity contribution is -0.141. The Morgan fingerprint density at radius 2 is 1.48 bits per heavy atom. The Labute approximate surface area is 259 Å². The second kappa shape index (κ2) is 12.8. The van der Waals surface area contributed by atoms with Gasteiger partial charge in [-0.3, -0.25) is 9.59 Å². The van der Waals surface area contributed by atoms with Crippen LogP contribution in [0.5, 0.6) is 0 Å². The molecule has 1 aromatic heterocycles. The van der Waals surface area contributed by atoms with Crippen LogP contribution in [-0.4, -0.2) is 48.6 Å². The Bertz CT molecular complexity index is 1760. The number of aromatic amines is 1. The Morgan fingerprint density at radius 1 is 0.818 bits per heavy atom. The highest BCUT2D eigenvalue weighted by molar-refractivity contribution is 6.24. The van der Waals surface area contributed by atoms with Crippen LogP contribution in [0.25, 0.3) is 12.2 Å². The van der Waals surface area contributed by atoms with Crippen LogP contribution in [-0.2, 0) is 25.5 Å². The van der Waals surface area contributed by atoms with Gasteiger partial charge in [0.05, 0.1) is 43.1 Å². The summed E-state index contributed by atoms with van der Waals surface area (Å²) in [6, 6.07) is 0.0764. The molecule has 0 radical (unpaired) electrons. The van der Waals surface area contributed by atoms with Gasteiger partial charge in [0.25, 0.3) is 0 Å². The number of carbonyl (C=O) groups is 2. The first-order valence-electron chi connectivity index (χ1n) is 15.7. The summed E-state index contributed by atoms with van der Waals surface area (Å²) in [5, 5.41) is 5.94. The monoisotopic (exact) mass is 596 g/mol. The largest absolute Gasteiger partial charge is 0.469 e. The minimum absolute atomic E-state index is 0.0764. The number of nitrogens with zero attached hydrogens (tertiary/aromatic N) is 2. The first-order valence-corrected chi connectivity index (χ1v) is 15.7. The number of aromatic nitrogens is 1. The first-order chi connectivity index (χ1) is 21.1. The Balaban J connectivity index is 1.75. The van der Waals surface area contributed by atoms with E-state index in [0.29, 0.717) is 18.8 Å². The minimum atomic E-state index is -0.260. The summed E-state index contributed by atoms with van der Waals surface area (Å²) in [5.74, 6) is -0.222. The molecule has 0 fully saturated rings. The van der Waals surface area contributed by atoms with E-state index in [1.54, 1.807) is 0 Å². The Kier molecular flexibility index (Phi) is 9.09. The molecule has 0 saturated carbocycles. The van der Waals surface area contributed by atoms with Crippen LogP contribution >= 0.6 is 0 Å². The van der Waals surface area contributed by atoms with Gasteiger partial charge in [0.2, 0.25) is 0 Å². The molecule has 5 rings (SSSR count). The predicted octanol–water partition coefficient (Wildman–Crippen LogP) is 4.95. The van der Waals surface area contributed by atoms with Crippen LogP contribution in [0.1, 0.15) is 77.8 Å². The summed E-state index contributed by atoms with van der Waals surface area (Å²) in [7, 11) is 2.83. The van der Waals surface area contributed by atoms with Crippen LogP contribution in [0.3, 0.4) is 0 Å². The van der Waals surface area contributed by atoms with Gasteiger partial charge in [-0.1, -0.05) is 20.8 Å². The number of H-pyrrole nitrogens is 1. The average molecular weight is 597 g/mol. The van der Waals surface area contributed by atoms with E-state index in [4.69, 9.17) is 19.5 Å². The molecule has 232 valence electrons. The average Bonchev–Trinajstić information content (AvgIpc) is 3.67. The number of aliphatic imine (C=N–C) groups is 2. The first kappa shape index (κ1) is 31.2. The number of esters is 2. The van der Waals surface area contributed by atoms with Crippen molar-refractivity contribution in [3.05, 3.63) is 78.9 Å². The third-order valence-corrected chi connectivity index (χ3v) is 9.51. The fraction of sp³-hybridized carbons (Fsp3) is 0.444. The molecule has 0 spiro atoms. The summed E-state index contributed by atoms with van der Waals surface area (Å²) < 4.78 is 9.92. The van der Waals surface area contributed by atoms with Crippen LogP contribution in [0.15, 0.2) is 67.1 Å². The van der Waals surface area contributed by atoms with Gasteiger partial charge in [-0.05, 0) is 110 Å². The quantitative estimate of drug-likeness (QED) is 0.414. The topological polar surface area (TPSA) is 105 Å². The normalized spacial score (nSPS) is 20.9. The molecular formula is C36H44N4O4. The summed E-state index contributed by atoms with van der Waals surface area (Å²) >= 11 is 0. The Morgan fingerprint density at radius 3 is 2.11 bits per heavy atom. The SMILES string of the molecule is CCC1=C2C=c3[nH]c(c(CC)c3C)=CC3=NC(=CC4=NC(=CC(N2)C1C)C(C)=C4CCC(=O)OC)C(CCC(=O)OC)=C3C. The van der Waals surface area contributed by atoms with E-state index >= 15 is 0 Å². The standard InChI is InChI=1S/C36H44N4O4/c1-9-23-19(3)27-15-28-21(5)25(11-13-35(41)43-7)33(39-28)18-34-26(12-14-36(42)44-8)22(6)30(40-34)17-32-24(10-2)20(4)29(38-32)16-31(23)37-27/h15-19,27,37-38H,9-14H2,1-8H3. The molecule has 2 N–H and O–H groups in total. The van der Waals surface area contributed by atoms with Gasteiger partial charge < -0.3 is 19.8 Å². The highest BCUT2D eigenvalue weighted by Crippen LogP contribution is 2.36. The van der Waals surface area contributed by atoms with Crippen molar-refractivity contribution in [3.8, 4) is 0 Å². The number of fused-ring (bicyclic) bond motifs is 6. The smallest absolute Gasteiger partial charge is 0.305 e. The van der Waals surface area contributed by atoms with E-state index in [2.05, 4.69) is 70.1 Å². The molecule has 5 heterocycles. The zero-order valence-corrected chi connectivity index (χ0v) is 27.2. The van der Waals surface area contributed by atoms with Crippen LogP contribution in [0.4, 0.5) is 0 Å². The van der Waals surface area contributed by atoms with Crippen molar-refractivity contribution in [3.63, 3.8) is 0 Å². The van der Waals surface area contributed by atoms with Crippen molar-refractivity contribution in [2.45, 2.75) is 86.1 Å². The molecule has 0 aromatic carbocycles. The minimum Gasteiger partial charge on any atom is -0.469 e. The number of carbonyl (C=O) groups excluding carboxylic acids is 2. The molecule has 4 aliphatic rings. The zero-order valence-electron chi connectivity index (χ0n) is 27.2. The maximum Gasteiger partial charge on any atom is 0.305 e. The van der Waals surface area contributed by atoms with E-state index in [1.807, 2.05) is 6.08 Å². The van der Waals surface area contributed by atoms with E-state index in [1.165, 1.54) is 30.9 Å². The van der Waals surface area contributed by atoms with E-state index in [9.17, 15) is 9.59 Å². The van der Waals surface area contributed by atoms with E-state index in [-0.39, 0.29) is 30.8 Å². The highest BCUT2D eigenvalue weighted by Gasteiger charge is 2.31. The lowest BCUT2D eigenvalue weighted by atomic mass is 9.92. The summed E-state index contributed by atoms with van der Waals surface area (Å²) in [4.78, 5) is 38.3. The summed E-state index contributed by atoms with van der Waals surface area (Å²) in [5.41, 5.74) is 12.5. The van der Waals surface area contributed by atoms with E-state index in [0.717, 1.165) is 74.3 Å². The number of allylic oxidation sites excluding steroid dienone is 6. The molecule has 0 saturated heterocycles. The second-order valence-corrected chi connectivity index (χ2v) is 11.9. The number of methoxy groups -OCH3 is 2. The van der Waals surface area contributed by atoms with Crippen LogP contribution < -0.4 is 16.0 Å². The maximum atomic E-state index is 12.2. The molecule has 0 amide bonds. The molecule has 2 unspecified atom stereocenters. The van der Waals surface area contributed by atoms with Crippen molar-refractivity contribution >= 4 is 35.5 Å². The molecule has 8 heteroatoms. The number of hydrogen-bond donors (Lipinski definition) is 2. The molecule has 8 bridgehead atoms. The number of ether oxygens (including phenoxy) is 2. The molecule has 4 aliphatic heterocycles. The van der Waals surface area contributed by atoms with Gasteiger partial charge in [-0.25, -0.2) is 9.98 Å². The number of hydrogen-bond acceptors (Lipinski definition) is 7. The van der Waals surface area contributed by atoms with Crippen molar-refractivity contribution in [2.24, 2.45) is 15.9 Å². The van der Waals surface area contributed by atoms with Crippen molar-refractivity contribution < 1.29 is 19.1 Å². The van der Waals surface area contributed by atoms with Gasteiger partial charge in [0, 0.05) is 35.2 Å². The molecule has 8 nitrogen and oxygen atoms in total. The zero-order chi connectivity index (χ0) is 31.7. The van der Waals surface area contributed by atoms with Gasteiger partial charge in [0.1, 0.15) is 0 Å². The summed E-state index contributed by atoms with van der Waals surface area (Å²) in [6.45, 7) is 13.0. The third-order valence-electron chi connectivity index (χ3n) is 9.51. The predicted molar refractivity (Wildman–Crippen MR) is 175 cm³/mol. The fourth-order valence-electron chi connectivity index (χ4n) is 6.76. The van der Waals surface area contributed by atoms with Crippen molar-refractivity contribution in [1.82, 2.24) is 10.3 Å². The van der Waals surface area contributed by atoms with Crippen LogP contribution in [0, 0.1) is 12.8 Å².